The van der Waals surface area contributed by atoms with Gasteiger partial charge in [-0.05, 0) is 55.4 Å². The number of rotatable bonds is 7. The molecule has 0 aromatic heterocycles. The van der Waals surface area contributed by atoms with Crippen LogP contribution in [0.4, 0.5) is 4.79 Å². The Hall–Kier alpha value is -1.96. The first kappa shape index (κ1) is 21.7. The Bertz CT molecular complexity index is 979. The van der Waals surface area contributed by atoms with Gasteiger partial charge in [-0.25, -0.2) is 0 Å². The zero-order chi connectivity index (χ0) is 21.0. The molecule has 0 N–H and O–H groups in total. The van der Waals surface area contributed by atoms with Crippen LogP contribution in [-0.2, 0) is 11.4 Å². The fourth-order valence-electron chi connectivity index (χ4n) is 2.73. The first-order chi connectivity index (χ1) is 13.9. The van der Waals surface area contributed by atoms with Crippen molar-refractivity contribution < 1.29 is 19.1 Å². The second-order valence-corrected chi connectivity index (χ2v) is 8.31. The monoisotopic (exact) mass is 495 g/mol. The van der Waals surface area contributed by atoms with Crippen LogP contribution in [0, 0.1) is 0 Å². The van der Waals surface area contributed by atoms with Gasteiger partial charge in [0.05, 0.1) is 11.5 Å². The number of nitrogens with zero attached hydrogens (tertiary/aromatic N) is 1. The van der Waals surface area contributed by atoms with Gasteiger partial charge in [0.1, 0.15) is 6.61 Å². The topological polar surface area (TPSA) is 55.8 Å². The summed E-state index contributed by atoms with van der Waals surface area (Å²) in [5, 5.41) is 0.373. The Morgan fingerprint density at radius 3 is 2.52 bits per heavy atom. The number of amides is 2. The fraction of sp³-hybridized carbons (Fsp3) is 0.238. The van der Waals surface area contributed by atoms with Crippen LogP contribution in [0.5, 0.6) is 11.5 Å². The van der Waals surface area contributed by atoms with E-state index in [1.54, 1.807) is 25.1 Å². The molecule has 0 aliphatic carbocycles. The molecular weight excluding hydrogens is 478 g/mol. The molecule has 0 bridgehead atoms. The van der Waals surface area contributed by atoms with E-state index in [0.29, 0.717) is 41.2 Å². The van der Waals surface area contributed by atoms with Gasteiger partial charge in [0.25, 0.3) is 11.1 Å². The van der Waals surface area contributed by atoms with Crippen molar-refractivity contribution >= 4 is 56.5 Å². The fourth-order valence-corrected chi connectivity index (χ4v) is 4.25. The van der Waals surface area contributed by atoms with Crippen molar-refractivity contribution in [2.24, 2.45) is 0 Å². The first-order valence-corrected chi connectivity index (χ1v) is 11.0. The van der Waals surface area contributed by atoms with Crippen molar-refractivity contribution in [3.05, 3.63) is 61.9 Å². The van der Waals surface area contributed by atoms with E-state index in [-0.39, 0.29) is 11.1 Å². The van der Waals surface area contributed by atoms with Crippen molar-refractivity contribution in [1.82, 2.24) is 4.90 Å². The number of benzene rings is 2. The number of halogens is 2. The van der Waals surface area contributed by atoms with Gasteiger partial charge in [-0.2, -0.15) is 0 Å². The number of thioether (sulfide) groups is 1. The smallest absolute Gasteiger partial charge is 0.293 e. The predicted octanol–water partition coefficient (Wildman–Crippen LogP) is 6.14. The van der Waals surface area contributed by atoms with E-state index in [4.69, 9.17) is 21.1 Å². The standard InChI is InChI=1S/C21H19BrClNO4S/c1-3-24-20(25)19(29-21(24)26)10-14-9-17(27-4-2)18(11-15(14)22)28-12-13-7-5-6-8-16(13)23/h5-11H,3-4,12H2,1-2H3/b19-10+. The molecule has 1 aliphatic heterocycles. The minimum Gasteiger partial charge on any atom is -0.490 e. The Kier molecular flexibility index (Phi) is 7.27. The number of hydrogen-bond donors (Lipinski definition) is 0. The average molecular weight is 497 g/mol. The summed E-state index contributed by atoms with van der Waals surface area (Å²) in [7, 11) is 0. The summed E-state index contributed by atoms with van der Waals surface area (Å²) in [6.45, 7) is 4.75. The molecule has 1 fully saturated rings. The summed E-state index contributed by atoms with van der Waals surface area (Å²) in [6, 6.07) is 11.1. The summed E-state index contributed by atoms with van der Waals surface area (Å²) >= 11 is 10.7. The Balaban J connectivity index is 1.88. The average Bonchev–Trinajstić information content (AvgIpc) is 2.96. The highest BCUT2D eigenvalue weighted by atomic mass is 79.9. The van der Waals surface area contributed by atoms with Gasteiger partial charge in [0.15, 0.2) is 11.5 Å². The molecule has 2 aromatic carbocycles. The lowest BCUT2D eigenvalue weighted by Gasteiger charge is -2.15. The van der Waals surface area contributed by atoms with Crippen LogP contribution < -0.4 is 9.47 Å². The lowest BCUT2D eigenvalue weighted by Crippen LogP contribution is -2.27. The van der Waals surface area contributed by atoms with E-state index >= 15 is 0 Å². The maximum Gasteiger partial charge on any atom is 0.293 e. The van der Waals surface area contributed by atoms with Crippen molar-refractivity contribution in [3.63, 3.8) is 0 Å². The number of imide groups is 1. The van der Waals surface area contributed by atoms with Gasteiger partial charge in [-0.15, -0.1) is 0 Å². The molecule has 0 unspecified atom stereocenters. The normalized spacial score (nSPS) is 15.3. The zero-order valence-electron chi connectivity index (χ0n) is 15.9. The quantitative estimate of drug-likeness (QED) is 0.431. The van der Waals surface area contributed by atoms with Gasteiger partial charge < -0.3 is 9.47 Å². The summed E-state index contributed by atoms with van der Waals surface area (Å²) in [5.41, 5.74) is 1.59. The molecule has 3 rings (SSSR count). The number of likely N-dealkylation sites (N-methyl/N-ethyl adjacent to an activating group) is 1. The summed E-state index contributed by atoms with van der Waals surface area (Å²) in [6.07, 6.45) is 1.69. The molecule has 2 aromatic rings. The molecule has 1 saturated heterocycles. The van der Waals surface area contributed by atoms with E-state index in [1.807, 2.05) is 31.2 Å². The third-order valence-corrected chi connectivity index (χ3v) is 6.14. The third kappa shape index (κ3) is 4.97. The molecule has 5 nitrogen and oxygen atoms in total. The van der Waals surface area contributed by atoms with Crippen LogP contribution in [0.2, 0.25) is 5.02 Å². The maximum absolute atomic E-state index is 12.4. The van der Waals surface area contributed by atoms with Crippen molar-refractivity contribution in [3.8, 4) is 11.5 Å². The van der Waals surface area contributed by atoms with Crippen molar-refractivity contribution in [2.45, 2.75) is 20.5 Å². The second-order valence-electron chi connectivity index (χ2n) is 6.06. The Morgan fingerprint density at radius 2 is 1.86 bits per heavy atom. The minimum absolute atomic E-state index is 0.260. The van der Waals surface area contributed by atoms with Crippen molar-refractivity contribution in [1.29, 1.82) is 0 Å². The summed E-state index contributed by atoms with van der Waals surface area (Å²) in [5.74, 6) is 0.813. The van der Waals surface area contributed by atoms with E-state index in [9.17, 15) is 9.59 Å². The van der Waals surface area contributed by atoms with Crippen LogP contribution in [0.15, 0.2) is 45.8 Å². The molecule has 1 aliphatic rings. The SMILES string of the molecule is CCOc1cc(/C=C2/SC(=O)N(CC)C2=O)c(Br)cc1OCc1ccccc1Cl. The van der Waals surface area contributed by atoms with E-state index in [2.05, 4.69) is 15.9 Å². The first-order valence-electron chi connectivity index (χ1n) is 9.02. The summed E-state index contributed by atoms with van der Waals surface area (Å²) < 4.78 is 12.4. The highest BCUT2D eigenvalue weighted by Gasteiger charge is 2.33. The van der Waals surface area contributed by atoms with Crippen LogP contribution in [0.25, 0.3) is 6.08 Å². The van der Waals surface area contributed by atoms with Gasteiger partial charge in [0.2, 0.25) is 0 Å². The third-order valence-electron chi connectivity index (χ3n) is 4.18. The Labute approximate surface area is 187 Å². The maximum atomic E-state index is 12.4. The number of carbonyl (C=O) groups excluding carboxylic acids is 2. The van der Waals surface area contributed by atoms with E-state index in [0.717, 1.165) is 27.4 Å². The van der Waals surface area contributed by atoms with E-state index in [1.165, 1.54) is 4.90 Å². The van der Waals surface area contributed by atoms with Gasteiger partial charge in [0, 0.05) is 21.6 Å². The number of hydrogen-bond acceptors (Lipinski definition) is 5. The number of carbonyl (C=O) groups is 2. The van der Waals surface area contributed by atoms with Crippen LogP contribution in [0.1, 0.15) is 25.0 Å². The molecule has 1 heterocycles. The molecule has 0 atom stereocenters. The lowest BCUT2D eigenvalue weighted by atomic mass is 10.1. The minimum atomic E-state index is -0.286. The molecule has 8 heteroatoms. The van der Waals surface area contributed by atoms with Crippen LogP contribution in [0.3, 0.4) is 0 Å². The number of ether oxygens (including phenoxy) is 2. The molecule has 29 heavy (non-hydrogen) atoms. The van der Waals surface area contributed by atoms with Crippen LogP contribution in [-0.4, -0.2) is 29.2 Å². The Morgan fingerprint density at radius 1 is 1.14 bits per heavy atom. The van der Waals surface area contributed by atoms with Crippen molar-refractivity contribution in [2.75, 3.05) is 13.2 Å². The van der Waals surface area contributed by atoms with Crippen LogP contribution >= 0.6 is 39.3 Å². The van der Waals surface area contributed by atoms with Gasteiger partial charge in [-0.3, -0.25) is 14.5 Å². The molecule has 0 spiro atoms. The highest BCUT2D eigenvalue weighted by molar-refractivity contribution is 9.10. The highest BCUT2D eigenvalue weighted by Crippen LogP contribution is 2.38. The summed E-state index contributed by atoms with van der Waals surface area (Å²) in [4.78, 5) is 25.9. The molecule has 2 amide bonds. The van der Waals surface area contributed by atoms with E-state index < -0.39 is 0 Å². The molecular formula is C21H19BrClNO4S. The predicted molar refractivity (Wildman–Crippen MR) is 119 cm³/mol. The van der Waals surface area contributed by atoms with Gasteiger partial charge in [-0.1, -0.05) is 45.7 Å². The second kappa shape index (κ2) is 9.69. The molecule has 0 saturated carbocycles. The zero-order valence-corrected chi connectivity index (χ0v) is 19.1. The molecule has 0 radical (unpaired) electrons. The largest absolute Gasteiger partial charge is 0.490 e. The lowest BCUT2D eigenvalue weighted by molar-refractivity contribution is -0.122. The van der Waals surface area contributed by atoms with Gasteiger partial charge >= 0.3 is 0 Å². The molecule has 152 valence electrons.